The third kappa shape index (κ3) is 2.79. The first-order chi connectivity index (χ1) is 7.88. The molecule has 0 bridgehead atoms. The first kappa shape index (κ1) is 13.6. The number of hydrogen-bond acceptors (Lipinski definition) is 3. The van der Waals surface area contributed by atoms with Crippen LogP contribution in [0.25, 0.3) is 0 Å². The van der Waals surface area contributed by atoms with Crippen molar-refractivity contribution in [3.05, 3.63) is 11.3 Å². The summed E-state index contributed by atoms with van der Waals surface area (Å²) in [5.41, 5.74) is 1.50. The van der Waals surface area contributed by atoms with Gasteiger partial charge in [0.1, 0.15) is 17.5 Å². The van der Waals surface area contributed by atoms with Crippen molar-refractivity contribution in [3.8, 4) is 6.07 Å². The van der Waals surface area contributed by atoms with Crippen molar-refractivity contribution >= 4 is 5.82 Å². The predicted octanol–water partition coefficient (Wildman–Crippen LogP) is 2.47. The van der Waals surface area contributed by atoms with Gasteiger partial charge in [-0.05, 0) is 26.7 Å². The average molecular weight is 234 g/mol. The van der Waals surface area contributed by atoms with E-state index >= 15 is 0 Å². The zero-order valence-electron chi connectivity index (χ0n) is 11.7. The van der Waals surface area contributed by atoms with Crippen LogP contribution in [0.15, 0.2) is 0 Å². The summed E-state index contributed by atoms with van der Waals surface area (Å²) in [5, 5.41) is 13.6. The molecular weight excluding hydrogens is 212 g/mol. The van der Waals surface area contributed by atoms with Crippen molar-refractivity contribution < 1.29 is 0 Å². The fourth-order valence-corrected chi connectivity index (χ4v) is 2.04. The van der Waals surface area contributed by atoms with Crippen LogP contribution in [0, 0.1) is 24.2 Å². The second kappa shape index (κ2) is 5.22. The highest BCUT2D eigenvalue weighted by Gasteiger charge is 2.21. The molecule has 0 amide bonds. The van der Waals surface area contributed by atoms with E-state index in [1.807, 2.05) is 18.7 Å². The number of aryl methyl sites for hydroxylation is 2. The lowest BCUT2D eigenvalue weighted by molar-refractivity contribution is 0.552. The van der Waals surface area contributed by atoms with Gasteiger partial charge in [-0.25, -0.2) is 0 Å². The van der Waals surface area contributed by atoms with Gasteiger partial charge in [-0.1, -0.05) is 13.8 Å². The van der Waals surface area contributed by atoms with Gasteiger partial charge in [0.2, 0.25) is 0 Å². The lowest BCUT2D eigenvalue weighted by Crippen LogP contribution is -2.36. The maximum atomic E-state index is 9.25. The number of nitrogens with zero attached hydrogens (tertiary/aromatic N) is 4. The van der Waals surface area contributed by atoms with Crippen LogP contribution >= 0.6 is 0 Å². The Morgan fingerprint density at radius 2 is 1.94 bits per heavy atom. The van der Waals surface area contributed by atoms with E-state index in [9.17, 15) is 5.26 Å². The molecule has 0 saturated heterocycles. The summed E-state index contributed by atoms with van der Waals surface area (Å²) in [6, 6.07) is 2.63. The van der Waals surface area contributed by atoms with Crippen molar-refractivity contribution in [1.29, 1.82) is 5.26 Å². The Bertz CT molecular complexity index is 423. The lowest BCUT2D eigenvalue weighted by Gasteiger charge is -2.30. The molecule has 1 rings (SSSR count). The number of aromatic nitrogens is 2. The van der Waals surface area contributed by atoms with E-state index < -0.39 is 0 Å². The molecule has 4 heteroatoms. The molecular formula is C13H22N4. The number of nitriles is 1. The molecule has 1 aromatic rings. The first-order valence-corrected chi connectivity index (χ1v) is 6.08. The van der Waals surface area contributed by atoms with E-state index in [0.29, 0.717) is 17.5 Å². The van der Waals surface area contributed by atoms with Crippen LogP contribution in [0.3, 0.4) is 0 Å². The summed E-state index contributed by atoms with van der Waals surface area (Å²) in [5.74, 6) is 1.49. The summed E-state index contributed by atoms with van der Waals surface area (Å²) < 4.78 is 1.82. The molecule has 0 unspecified atom stereocenters. The Morgan fingerprint density at radius 1 is 1.35 bits per heavy atom. The molecule has 0 aliphatic rings. The Kier molecular flexibility index (Phi) is 4.17. The monoisotopic (exact) mass is 234 g/mol. The van der Waals surface area contributed by atoms with Crippen molar-refractivity contribution in [2.24, 2.45) is 13.0 Å². The number of hydrogen-bond donors (Lipinski definition) is 0. The predicted molar refractivity (Wildman–Crippen MR) is 70.0 cm³/mol. The Morgan fingerprint density at radius 3 is 2.35 bits per heavy atom. The summed E-state index contributed by atoms with van der Waals surface area (Å²) >= 11 is 0. The minimum Gasteiger partial charge on any atom is -0.353 e. The third-order valence-electron chi connectivity index (χ3n) is 2.76. The quantitative estimate of drug-likeness (QED) is 0.804. The van der Waals surface area contributed by atoms with Crippen LogP contribution in [0.2, 0.25) is 0 Å². The van der Waals surface area contributed by atoms with Gasteiger partial charge in [-0.3, -0.25) is 4.68 Å². The molecule has 0 spiro atoms. The maximum Gasteiger partial charge on any atom is 0.145 e. The fourth-order valence-electron chi connectivity index (χ4n) is 2.04. The molecule has 0 aliphatic carbocycles. The lowest BCUT2D eigenvalue weighted by atomic mass is 10.1. The molecule has 4 nitrogen and oxygen atoms in total. The topological polar surface area (TPSA) is 44.9 Å². The standard InChI is InChI=1S/C13H22N4/c1-9(2)8-17(10(3)4)13-12(7-14)11(5)15-16(13)6/h9-10H,8H2,1-6H3. The average Bonchev–Trinajstić information content (AvgIpc) is 2.48. The van der Waals surface area contributed by atoms with Crippen molar-refractivity contribution in [3.63, 3.8) is 0 Å². The molecule has 0 aromatic carbocycles. The van der Waals surface area contributed by atoms with Gasteiger partial charge in [0.05, 0.1) is 5.69 Å². The Hall–Kier alpha value is -1.50. The van der Waals surface area contributed by atoms with Crippen LogP contribution in [0.1, 0.15) is 39.0 Å². The first-order valence-electron chi connectivity index (χ1n) is 6.08. The summed E-state index contributed by atoms with van der Waals surface area (Å²) in [6.45, 7) is 11.5. The van der Waals surface area contributed by atoms with E-state index in [2.05, 4.69) is 43.8 Å². The molecule has 94 valence electrons. The van der Waals surface area contributed by atoms with E-state index in [4.69, 9.17) is 0 Å². The van der Waals surface area contributed by atoms with E-state index in [1.165, 1.54) is 0 Å². The molecule has 0 saturated carbocycles. The van der Waals surface area contributed by atoms with Crippen LogP contribution in [-0.2, 0) is 7.05 Å². The van der Waals surface area contributed by atoms with Crippen LogP contribution in [0.4, 0.5) is 5.82 Å². The highest BCUT2D eigenvalue weighted by atomic mass is 15.4. The summed E-state index contributed by atoms with van der Waals surface area (Å²) in [6.07, 6.45) is 0. The van der Waals surface area contributed by atoms with Gasteiger partial charge in [-0.15, -0.1) is 0 Å². The van der Waals surface area contributed by atoms with Crippen molar-refractivity contribution in [2.45, 2.75) is 40.7 Å². The minimum atomic E-state index is 0.360. The molecule has 0 fully saturated rings. The molecule has 0 atom stereocenters. The van der Waals surface area contributed by atoms with Crippen LogP contribution in [0.5, 0.6) is 0 Å². The van der Waals surface area contributed by atoms with Crippen molar-refractivity contribution in [1.82, 2.24) is 9.78 Å². The van der Waals surface area contributed by atoms with Gasteiger partial charge < -0.3 is 4.90 Å². The van der Waals surface area contributed by atoms with Crippen LogP contribution in [-0.4, -0.2) is 22.4 Å². The SMILES string of the molecule is Cc1nn(C)c(N(CC(C)C)C(C)C)c1C#N. The maximum absolute atomic E-state index is 9.25. The zero-order valence-corrected chi connectivity index (χ0v) is 11.7. The summed E-state index contributed by atoms with van der Waals surface area (Å²) in [7, 11) is 1.90. The number of rotatable bonds is 4. The molecule has 0 radical (unpaired) electrons. The smallest absolute Gasteiger partial charge is 0.145 e. The fraction of sp³-hybridized carbons (Fsp3) is 0.692. The van der Waals surface area contributed by atoms with E-state index in [0.717, 1.165) is 18.1 Å². The second-order valence-corrected chi connectivity index (χ2v) is 5.16. The van der Waals surface area contributed by atoms with Crippen molar-refractivity contribution in [2.75, 3.05) is 11.4 Å². The Balaban J connectivity index is 3.23. The van der Waals surface area contributed by atoms with Gasteiger partial charge in [-0.2, -0.15) is 10.4 Å². The van der Waals surface area contributed by atoms with Crippen LogP contribution < -0.4 is 4.90 Å². The largest absolute Gasteiger partial charge is 0.353 e. The molecule has 1 aromatic heterocycles. The van der Waals surface area contributed by atoms with Gasteiger partial charge in [0, 0.05) is 19.6 Å². The second-order valence-electron chi connectivity index (χ2n) is 5.16. The normalized spacial score (nSPS) is 11.0. The zero-order chi connectivity index (χ0) is 13.2. The molecule has 0 aliphatic heterocycles. The van der Waals surface area contributed by atoms with E-state index in [1.54, 1.807) is 0 Å². The molecule has 0 N–H and O–H groups in total. The highest BCUT2D eigenvalue weighted by molar-refractivity contribution is 5.57. The third-order valence-corrected chi connectivity index (χ3v) is 2.76. The van der Waals surface area contributed by atoms with Gasteiger partial charge in [0.15, 0.2) is 0 Å². The highest BCUT2D eigenvalue weighted by Crippen LogP contribution is 2.25. The Labute approximate surface area is 104 Å². The molecule has 1 heterocycles. The number of anilines is 1. The van der Waals surface area contributed by atoms with Gasteiger partial charge >= 0.3 is 0 Å². The van der Waals surface area contributed by atoms with Gasteiger partial charge in [0.25, 0.3) is 0 Å². The van der Waals surface area contributed by atoms with E-state index in [-0.39, 0.29) is 0 Å². The molecule has 17 heavy (non-hydrogen) atoms. The minimum absolute atomic E-state index is 0.360. The summed E-state index contributed by atoms with van der Waals surface area (Å²) in [4.78, 5) is 2.25.